The fourth-order valence-corrected chi connectivity index (χ4v) is 3.76. The van der Waals surface area contributed by atoms with Crippen LogP contribution in [0.15, 0.2) is 24.3 Å². The number of benzene rings is 1. The molecule has 0 radical (unpaired) electrons. The Hall–Kier alpha value is -0.860. The van der Waals surface area contributed by atoms with Crippen LogP contribution < -0.4 is 0 Å². The number of hydrogen-bond acceptors (Lipinski definition) is 2. The molecule has 1 aliphatic heterocycles. The van der Waals surface area contributed by atoms with Crippen molar-refractivity contribution >= 4 is 0 Å². The van der Waals surface area contributed by atoms with Crippen LogP contribution in [0.3, 0.4) is 0 Å². The molecule has 1 heterocycles. The lowest BCUT2D eigenvalue weighted by Gasteiger charge is -2.36. The Kier molecular flexibility index (Phi) is 3.64. The molecule has 0 aromatic heterocycles. The van der Waals surface area contributed by atoms with Crippen LogP contribution in [0.4, 0.5) is 0 Å². The van der Waals surface area contributed by atoms with Crippen LogP contribution in [0, 0.1) is 11.8 Å². The molecule has 1 aliphatic carbocycles. The summed E-state index contributed by atoms with van der Waals surface area (Å²) in [6, 6.07) is 8.72. The number of fused-ring (bicyclic) bond motifs is 1. The van der Waals surface area contributed by atoms with Gasteiger partial charge in [0, 0.05) is 12.6 Å². The maximum Gasteiger partial charge on any atom is 0.0947 e. The van der Waals surface area contributed by atoms with E-state index in [4.69, 9.17) is 0 Å². The van der Waals surface area contributed by atoms with Gasteiger partial charge in [0.15, 0.2) is 0 Å². The molecule has 19 heavy (non-hydrogen) atoms. The zero-order chi connectivity index (χ0) is 13.4. The second kappa shape index (κ2) is 5.26. The van der Waals surface area contributed by atoms with E-state index in [1.54, 1.807) is 0 Å². The number of aliphatic hydroxyl groups is 1. The molecule has 0 amide bonds. The van der Waals surface area contributed by atoms with Gasteiger partial charge < -0.3 is 5.11 Å². The summed E-state index contributed by atoms with van der Waals surface area (Å²) in [7, 11) is 0. The van der Waals surface area contributed by atoms with Gasteiger partial charge in [-0.25, -0.2) is 0 Å². The number of nitrogens with zero attached hydrogens (tertiary/aromatic N) is 1. The Morgan fingerprint density at radius 1 is 1.21 bits per heavy atom. The highest BCUT2D eigenvalue weighted by atomic mass is 16.3. The molecule has 104 valence electrons. The Balaban J connectivity index is 1.74. The predicted octanol–water partition coefficient (Wildman–Crippen LogP) is 3.01. The van der Waals surface area contributed by atoms with E-state index >= 15 is 0 Å². The molecule has 1 aromatic carbocycles. The fourth-order valence-electron chi connectivity index (χ4n) is 3.76. The maximum absolute atomic E-state index is 10.7. The topological polar surface area (TPSA) is 23.5 Å². The Bertz CT molecular complexity index is 443. The summed E-state index contributed by atoms with van der Waals surface area (Å²) in [4.78, 5) is 2.53. The van der Waals surface area contributed by atoms with Gasteiger partial charge in [0.1, 0.15) is 0 Å². The normalized spacial score (nSPS) is 31.7. The molecule has 1 N–H and O–H groups in total. The second-order valence-electron chi connectivity index (χ2n) is 6.54. The quantitative estimate of drug-likeness (QED) is 0.882. The number of hydrogen-bond donors (Lipinski definition) is 1. The molecule has 3 rings (SSSR count). The molecular weight excluding hydrogens is 234 g/mol. The predicted molar refractivity (Wildman–Crippen MR) is 78.0 cm³/mol. The number of aryl methyl sites for hydroxylation is 1. The highest BCUT2D eigenvalue weighted by Crippen LogP contribution is 2.36. The Morgan fingerprint density at radius 2 is 2.00 bits per heavy atom. The first-order valence-electron chi connectivity index (χ1n) is 7.66. The van der Waals surface area contributed by atoms with Crippen molar-refractivity contribution in [1.29, 1.82) is 0 Å². The van der Waals surface area contributed by atoms with E-state index in [0.29, 0.717) is 6.04 Å². The highest BCUT2D eigenvalue weighted by molar-refractivity contribution is 5.32. The minimum Gasteiger partial charge on any atom is -0.387 e. The lowest BCUT2D eigenvalue weighted by molar-refractivity contribution is 0.0458. The van der Waals surface area contributed by atoms with Crippen LogP contribution in [-0.2, 0) is 6.42 Å². The largest absolute Gasteiger partial charge is 0.387 e. The first-order chi connectivity index (χ1) is 9.16. The number of aliphatic hydroxyl groups excluding tert-OH is 1. The minimum absolute atomic E-state index is 0.295. The summed E-state index contributed by atoms with van der Waals surface area (Å²) in [5.74, 6) is 1.57. The van der Waals surface area contributed by atoms with Gasteiger partial charge >= 0.3 is 0 Å². The van der Waals surface area contributed by atoms with Crippen LogP contribution in [-0.4, -0.2) is 29.1 Å². The molecule has 0 spiro atoms. The van der Waals surface area contributed by atoms with Crippen LogP contribution >= 0.6 is 0 Å². The smallest absolute Gasteiger partial charge is 0.0947 e. The molecule has 0 bridgehead atoms. The average Bonchev–Trinajstić information content (AvgIpc) is 2.89. The van der Waals surface area contributed by atoms with E-state index in [0.717, 1.165) is 36.8 Å². The van der Waals surface area contributed by atoms with Gasteiger partial charge in [-0.1, -0.05) is 38.1 Å². The number of rotatable bonds is 2. The van der Waals surface area contributed by atoms with E-state index < -0.39 is 0 Å². The lowest BCUT2D eigenvalue weighted by Crippen LogP contribution is -2.41. The van der Waals surface area contributed by atoms with Gasteiger partial charge in [-0.3, -0.25) is 4.90 Å². The zero-order valence-electron chi connectivity index (χ0n) is 12.0. The van der Waals surface area contributed by atoms with E-state index in [2.05, 4.69) is 36.9 Å². The number of likely N-dealkylation sites (tertiary alicyclic amines) is 1. The third-order valence-corrected chi connectivity index (χ3v) is 5.12. The van der Waals surface area contributed by atoms with Crippen molar-refractivity contribution in [3.8, 4) is 0 Å². The maximum atomic E-state index is 10.7. The van der Waals surface area contributed by atoms with Crippen molar-refractivity contribution in [2.24, 2.45) is 11.8 Å². The monoisotopic (exact) mass is 259 g/mol. The molecule has 2 nitrogen and oxygen atoms in total. The summed E-state index contributed by atoms with van der Waals surface area (Å²) in [5, 5.41) is 10.7. The Labute approximate surface area is 116 Å². The molecule has 2 aliphatic rings. The van der Waals surface area contributed by atoms with Gasteiger partial charge in [0.25, 0.3) is 0 Å². The van der Waals surface area contributed by atoms with Gasteiger partial charge in [0.2, 0.25) is 0 Å². The molecule has 0 saturated carbocycles. The van der Waals surface area contributed by atoms with Crippen LogP contribution in [0.25, 0.3) is 0 Å². The molecular formula is C17H25NO. The standard InChI is InChI=1S/C17H25NO/c1-12(2)14-9-10-18(11-14)16-8-7-13-5-3-4-6-15(13)17(16)19/h3-6,12,14,16-17,19H,7-11H2,1-2H3. The molecule has 3 unspecified atom stereocenters. The fraction of sp³-hybridized carbons (Fsp3) is 0.647. The van der Waals surface area contributed by atoms with E-state index in [-0.39, 0.29) is 6.10 Å². The molecule has 1 saturated heterocycles. The third kappa shape index (κ3) is 2.44. The van der Waals surface area contributed by atoms with Crippen molar-refractivity contribution in [3.63, 3.8) is 0 Å². The van der Waals surface area contributed by atoms with Gasteiger partial charge in [-0.05, 0) is 48.8 Å². The van der Waals surface area contributed by atoms with Gasteiger partial charge in [-0.15, -0.1) is 0 Å². The first kappa shape index (κ1) is 13.1. The van der Waals surface area contributed by atoms with E-state index in [9.17, 15) is 5.11 Å². The first-order valence-corrected chi connectivity index (χ1v) is 7.66. The summed E-state index contributed by atoms with van der Waals surface area (Å²) < 4.78 is 0. The van der Waals surface area contributed by atoms with Gasteiger partial charge in [-0.2, -0.15) is 0 Å². The molecule has 2 heteroatoms. The third-order valence-electron chi connectivity index (χ3n) is 5.12. The summed E-state index contributed by atoms with van der Waals surface area (Å²) in [5.41, 5.74) is 2.50. The van der Waals surface area contributed by atoms with Gasteiger partial charge in [0.05, 0.1) is 6.10 Å². The van der Waals surface area contributed by atoms with Crippen molar-refractivity contribution < 1.29 is 5.11 Å². The highest BCUT2D eigenvalue weighted by Gasteiger charge is 2.36. The molecule has 3 atom stereocenters. The second-order valence-corrected chi connectivity index (χ2v) is 6.54. The SMILES string of the molecule is CC(C)C1CCN(C2CCc3ccccc3C2O)C1. The van der Waals surface area contributed by atoms with Crippen molar-refractivity contribution in [1.82, 2.24) is 4.90 Å². The summed E-state index contributed by atoms with van der Waals surface area (Å²) in [6.45, 7) is 6.97. The summed E-state index contributed by atoms with van der Waals surface area (Å²) in [6.07, 6.45) is 3.21. The van der Waals surface area contributed by atoms with Crippen molar-refractivity contribution in [3.05, 3.63) is 35.4 Å². The van der Waals surface area contributed by atoms with E-state index in [1.807, 2.05) is 6.07 Å². The summed E-state index contributed by atoms with van der Waals surface area (Å²) >= 11 is 0. The van der Waals surface area contributed by atoms with Crippen LogP contribution in [0.2, 0.25) is 0 Å². The van der Waals surface area contributed by atoms with Crippen molar-refractivity contribution in [2.45, 2.75) is 45.3 Å². The Morgan fingerprint density at radius 3 is 2.74 bits per heavy atom. The molecule has 1 fully saturated rings. The van der Waals surface area contributed by atoms with Crippen LogP contribution in [0.5, 0.6) is 0 Å². The van der Waals surface area contributed by atoms with E-state index in [1.165, 1.54) is 18.5 Å². The van der Waals surface area contributed by atoms with Crippen molar-refractivity contribution in [2.75, 3.05) is 13.1 Å². The lowest BCUT2D eigenvalue weighted by atomic mass is 9.85. The average molecular weight is 259 g/mol. The zero-order valence-corrected chi connectivity index (χ0v) is 12.0. The minimum atomic E-state index is -0.295. The molecule has 1 aromatic rings. The van der Waals surface area contributed by atoms with Crippen LogP contribution in [0.1, 0.15) is 43.9 Å².